The molecule has 3 N–H and O–H groups in total. The number of halogens is 1. The van der Waals surface area contributed by atoms with E-state index in [2.05, 4.69) is 15.3 Å². The lowest BCUT2D eigenvalue weighted by molar-refractivity contribution is -0.123. The molecule has 0 saturated carbocycles. The lowest BCUT2D eigenvalue weighted by atomic mass is 10.0. The fourth-order valence-electron chi connectivity index (χ4n) is 3.36. The predicted octanol–water partition coefficient (Wildman–Crippen LogP) is 2.50. The van der Waals surface area contributed by atoms with Gasteiger partial charge in [0.25, 0.3) is 5.56 Å². The van der Waals surface area contributed by atoms with Gasteiger partial charge in [-0.05, 0) is 43.1 Å². The summed E-state index contributed by atoms with van der Waals surface area (Å²) in [5.41, 5.74) is 0.205. The number of aromatic amines is 1. The molecule has 0 unspecified atom stereocenters. The molecule has 0 radical (unpaired) electrons. The maximum absolute atomic E-state index is 13.5. The van der Waals surface area contributed by atoms with Crippen LogP contribution in [0.5, 0.6) is 0 Å². The molecule has 11 nitrogen and oxygen atoms in total. The summed E-state index contributed by atoms with van der Waals surface area (Å²) in [6.07, 6.45) is -0.0888. The zero-order valence-corrected chi connectivity index (χ0v) is 20.6. The zero-order chi connectivity index (χ0) is 28.9. The Labute approximate surface area is 215 Å². The number of benzene rings is 1. The highest BCUT2D eigenvalue weighted by Crippen LogP contribution is 2.15. The van der Waals surface area contributed by atoms with E-state index >= 15 is 0 Å². The molecule has 12 heteroatoms. The summed E-state index contributed by atoms with van der Waals surface area (Å²) >= 11 is 0. The lowest BCUT2D eigenvalue weighted by Crippen LogP contribution is -2.37. The largest absolute Gasteiger partial charge is 0.465 e. The van der Waals surface area contributed by atoms with Crippen molar-refractivity contribution in [1.29, 1.82) is 0 Å². The molecule has 0 bridgehead atoms. The average Bonchev–Trinajstić information content (AvgIpc) is 3.25. The van der Waals surface area contributed by atoms with Gasteiger partial charge in [-0.3, -0.25) is 14.4 Å². The molecule has 0 aliphatic heterocycles. The van der Waals surface area contributed by atoms with Crippen LogP contribution in [0.1, 0.15) is 21.4 Å². The molecule has 0 aliphatic carbocycles. The van der Waals surface area contributed by atoms with Gasteiger partial charge in [0.2, 0.25) is 11.8 Å². The summed E-state index contributed by atoms with van der Waals surface area (Å²) < 4.78 is 31.7. The predicted molar refractivity (Wildman–Crippen MR) is 136 cm³/mol. The fourth-order valence-corrected chi connectivity index (χ4v) is 3.36. The number of aromatic nitrogens is 3. The van der Waals surface area contributed by atoms with Crippen molar-refractivity contribution in [3.8, 4) is 0 Å². The van der Waals surface area contributed by atoms with Gasteiger partial charge < -0.3 is 29.8 Å². The van der Waals surface area contributed by atoms with Gasteiger partial charge in [-0.1, -0.05) is 6.08 Å². The Morgan fingerprint density at radius 3 is 2.76 bits per heavy atom. The van der Waals surface area contributed by atoms with Crippen molar-refractivity contribution in [2.45, 2.75) is 19.3 Å². The highest BCUT2D eigenvalue weighted by atomic mass is 19.1. The molecule has 3 aromatic rings. The Kier molecular flexibility index (Phi) is 7.84. The first-order valence-corrected chi connectivity index (χ1v) is 11.2. The number of nitrogens with zero attached hydrogens (tertiary/aromatic N) is 4. The third kappa shape index (κ3) is 7.26. The Bertz CT molecular complexity index is 1470. The monoisotopic (exact) mass is 514 g/mol. The summed E-state index contributed by atoms with van der Waals surface area (Å²) in [7, 11) is 4.25. The van der Waals surface area contributed by atoms with Crippen LogP contribution in [-0.4, -0.2) is 75.0 Å². The van der Waals surface area contributed by atoms with Gasteiger partial charge >= 0.3 is 6.09 Å². The second-order valence-electron chi connectivity index (χ2n) is 8.45. The van der Waals surface area contributed by atoms with Gasteiger partial charge in [-0.25, -0.2) is 14.2 Å². The van der Waals surface area contributed by atoms with Crippen molar-refractivity contribution in [1.82, 2.24) is 24.3 Å². The summed E-state index contributed by atoms with van der Waals surface area (Å²) in [4.78, 5) is 58.8. The van der Waals surface area contributed by atoms with E-state index in [1.807, 2.05) is 0 Å². The number of hydrogen-bond donors (Lipinski definition) is 3. The number of allylic oxidation sites excluding steroid dienone is 1. The molecule has 1 aromatic carbocycles. The highest BCUT2D eigenvalue weighted by Gasteiger charge is 2.23. The van der Waals surface area contributed by atoms with Crippen LogP contribution >= 0.6 is 0 Å². The number of likely N-dealkylation sites (N-methyl/N-ethyl adjacent to an activating group) is 1. The topological polar surface area (TPSA) is 141 Å². The molecular formula is C25H29FN6O5. The molecule has 2 heterocycles. The molecule has 0 spiro atoms. The molecule has 0 saturated heterocycles. The Morgan fingerprint density at radius 1 is 1.30 bits per heavy atom. The van der Waals surface area contributed by atoms with Gasteiger partial charge in [-0.2, -0.15) is 0 Å². The number of nitrogens with one attached hydrogen (secondary N) is 2. The molecule has 3 rings (SSSR count). The molecular weight excluding hydrogens is 483 g/mol. The Hall–Kier alpha value is -4.48. The summed E-state index contributed by atoms with van der Waals surface area (Å²) in [5, 5.41) is 11.7. The quantitative estimate of drug-likeness (QED) is 0.355. The molecule has 0 aliphatic rings. The Morgan fingerprint density at radius 2 is 2.05 bits per heavy atom. The number of rotatable bonds is 10. The van der Waals surface area contributed by atoms with Crippen LogP contribution in [0.15, 0.2) is 53.5 Å². The van der Waals surface area contributed by atoms with Crippen LogP contribution in [0.3, 0.4) is 0 Å². The minimum atomic E-state index is -2.27. The van der Waals surface area contributed by atoms with Gasteiger partial charge in [0, 0.05) is 42.7 Å². The van der Waals surface area contributed by atoms with E-state index in [1.54, 1.807) is 0 Å². The zero-order valence-electron chi connectivity index (χ0n) is 22.6. The van der Waals surface area contributed by atoms with Gasteiger partial charge in [0.05, 0.1) is 23.5 Å². The highest BCUT2D eigenvalue weighted by molar-refractivity contribution is 5.92. The van der Waals surface area contributed by atoms with Crippen molar-refractivity contribution >= 4 is 34.6 Å². The summed E-state index contributed by atoms with van der Waals surface area (Å²) in [6, 6.07) is 6.90. The molecule has 3 amide bonds. The van der Waals surface area contributed by atoms with Crippen LogP contribution in [0.25, 0.3) is 11.0 Å². The average molecular weight is 515 g/mol. The van der Waals surface area contributed by atoms with Crippen molar-refractivity contribution in [3.05, 3.63) is 70.7 Å². The maximum Gasteiger partial charge on any atom is 0.407 e. The van der Waals surface area contributed by atoms with Crippen LogP contribution in [-0.2, 0) is 16.1 Å². The lowest BCUT2D eigenvalue weighted by Gasteiger charge is -2.21. The normalized spacial score (nSPS) is 13.2. The first-order chi connectivity index (χ1) is 18.3. The second kappa shape index (κ2) is 12.0. The number of pyridine rings is 1. The van der Waals surface area contributed by atoms with Gasteiger partial charge in [0.15, 0.2) is 0 Å². The Balaban J connectivity index is 1.84. The van der Waals surface area contributed by atoms with E-state index in [9.17, 15) is 28.7 Å². The standard InChI is InChI=1S/C25H29FN6O5/c1-30(2)22(33)9-5-4-7-16(14-31(3)25(36)37)23(34)29-19-8-6-12-32(24(19)35)15-21-27-18-11-10-17(26)13-20(18)28-21/h5-6,8-13,16H,4,7,14-15H2,1-3H3,(H,27,28)(H,29,34)(H,36,37)/b9-5+/t16-/m1/s1/i7D2. The molecule has 196 valence electrons. The minimum Gasteiger partial charge on any atom is -0.465 e. The van der Waals surface area contributed by atoms with Crippen molar-refractivity contribution in [2.24, 2.45) is 5.92 Å². The van der Waals surface area contributed by atoms with Gasteiger partial charge in [0.1, 0.15) is 17.3 Å². The second-order valence-corrected chi connectivity index (χ2v) is 8.45. The van der Waals surface area contributed by atoms with Crippen molar-refractivity contribution in [3.63, 3.8) is 0 Å². The number of anilines is 1. The van der Waals surface area contributed by atoms with Crippen LogP contribution in [0, 0.1) is 11.7 Å². The summed E-state index contributed by atoms with van der Waals surface area (Å²) in [5.74, 6) is -2.89. The van der Waals surface area contributed by atoms with E-state index in [-0.39, 0.29) is 24.6 Å². The van der Waals surface area contributed by atoms with Crippen molar-refractivity contribution in [2.75, 3.05) is 33.0 Å². The number of fused-ring (bicyclic) bond motifs is 1. The van der Waals surface area contributed by atoms with E-state index < -0.39 is 42.2 Å². The summed E-state index contributed by atoms with van der Waals surface area (Å²) in [6.45, 7) is -0.518. The maximum atomic E-state index is 13.5. The van der Waals surface area contributed by atoms with Crippen LogP contribution < -0.4 is 10.9 Å². The smallest absolute Gasteiger partial charge is 0.407 e. The third-order valence-corrected chi connectivity index (χ3v) is 5.38. The SMILES string of the molecule is [2H]C([2H])(C/C=C/C(=O)N(C)C)[C@H](CN(C)C(=O)O)C(=O)Nc1cccn(Cc2nc3cc(F)ccc3[nH]2)c1=O. The molecule has 2 aromatic heterocycles. The van der Waals surface area contributed by atoms with Crippen LogP contribution in [0.2, 0.25) is 0 Å². The van der Waals surface area contributed by atoms with E-state index in [0.717, 1.165) is 11.0 Å². The van der Waals surface area contributed by atoms with E-state index in [4.69, 9.17) is 2.74 Å². The molecule has 1 atom stereocenters. The van der Waals surface area contributed by atoms with Crippen molar-refractivity contribution < 1.29 is 26.6 Å². The third-order valence-electron chi connectivity index (χ3n) is 5.38. The fraction of sp³-hybridized carbons (Fsp3) is 0.320. The number of hydrogen-bond acceptors (Lipinski definition) is 5. The number of carbonyl (C=O) groups excluding carboxylic acids is 2. The number of H-pyrrole nitrogens is 1. The first kappa shape index (κ1) is 24.2. The van der Waals surface area contributed by atoms with Crippen LogP contribution in [0.4, 0.5) is 14.9 Å². The minimum absolute atomic E-state index is 0.0183. The first-order valence-electron chi connectivity index (χ1n) is 12.2. The van der Waals surface area contributed by atoms with Gasteiger partial charge in [-0.15, -0.1) is 0 Å². The molecule has 37 heavy (non-hydrogen) atoms. The van der Waals surface area contributed by atoms with E-state index in [0.29, 0.717) is 16.9 Å². The number of carboxylic acid groups (broad SMARTS) is 1. The number of amides is 3. The van der Waals surface area contributed by atoms with E-state index in [1.165, 1.54) is 73.2 Å². The number of carbonyl (C=O) groups is 3. The number of imidazole rings is 1. The molecule has 0 fully saturated rings.